The molecule has 0 atom stereocenters. The van der Waals surface area contributed by atoms with Crippen molar-refractivity contribution >= 4 is 34.0 Å². The summed E-state index contributed by atoms with van der Waals surface area (Å²) in [6.07, 6.45) is 0.805. The molecule has 0 spiro atoms. The predicted octanol–water partition coefficient (Wildman–Crippen LogP) is 4.24. The maximum Gasteiger partial charge on any atom is 0.111 e. The fourth-order valence-corrected chi connectivity index (χ4v) is 3.31. The molecule has 0 aliphatic heterocycles. The van der Waals surface area contributed by atoms with Crippen LogP contribution in [0.4, 0.5) is 0 Å². The maximum absolute atomic E-state index is 5.90. The number of hydrogen-bond donors (Lipinski definition) is 0. The van der Waals surface area contributed by atoms with Crippen LogP contribution in [0.2, 0.25) is 0 Å². The summed E-state index contributed by atoms with van der Waals surface area (Å²) in [5.74, 6) is 1.67. The van der Waals surface area contributed by atoms with Gasteiger partial charge in [0.1, 0.15) is 5.82 Å². The molecular formula is C15H15ClN2S. The number of hydrogen-bond acceptors (Lipinski definition) is 2. The van der Waals surface area contributed by atoms with Crippen molar-refractivity contribution in [3.05, 3.63) is 52.0 Å². The third-order valence-corrected chi connectivity index (χ3v) is 4.44. The van der Waals surface area contributed by atoms with Gasteiger partial charge in [0, 0.05) is 12.3 Å². The maximum atomic E-state index is 5.90. The summed E-state index contributed by atoms with van der Waals surface area (Å²) in [5.41, 5.74) is 4.95. The van der Waals surface area contributed by atoms with Gasteiger partial charge >= 0.3 is 0 Å². The van der Waals surface area contributed by atoms with Gasteiger partial charge in [-0.15, -0.1) is 11.6 Å². The molecule has 0 saturated carbocycles. The summed E-state index contributed by atoms with van der Waals surface area (Å²) in [7, 11) is 0. The Balaban J connectivity index is 2.09. The summed E-state index contributed by atoms with van der Waals surface area (Å²) in [6.45, 7) is 3.04. The molecule has 0 saturated heterocycles. The van der Waals surface area contributed by atoms with Gasteiger partial charge in [-0.05, 0) is 40.9 Å². The Bertz CT molecular complexity index is 699. The second-order valence-corrected chi connectivity index (χ2v) is 5.74. The van der Waals surface area contributed by atoms with E-state index in [1.807, 2.05) is 6.07 Å². The van der Waals surface area contributed by atoms with Crippen LogP contribution in [0, 0.1) is 6.92 Å². The number of halogens is 1. The minimum atomic E-state index is 0.603. The van der Waals surface area contributed by atoms with Crippen LogP contribution in [0.3, 0.4) is 0 Å². The fourth-order valence-electron chi connectivity index (χ4n) is 2.30. The molecule has 0 aliphatic carbocycles. The van der Waals surface area contributed by atoms with Gasteiger partial charge in [0.25, 0.3) is 0 Å². The Morgan fingerprint density at radius 3 is 2.84 bits per heavy atom. The summed E-state index contributed by atoms with van der Waals surface area (Å²) in [5, 5.41) is 4.41. The highest BCUT2D eigenvalue weighted by atomic mass is 35.5. The van der Waals surface area contributed by atoms with Crippen LogP contribution in [-0.2, 0) is 13.0 Å². The van der Waals surface area contributed by atoms with Gasteiger partial charge in [-0.3, -0.25) is 0 Å². The van der Waals surface area contributed by atoms with Crippen molar-refractivity contribution in [3.8, 4) is 0 Å². The van der Waals surface area contributed by atoms with E-state index in [0.29, 0.717) is 5.88 Å². The molecule has 2 heterocycles. The van der Waals surface area contributed by atoms with Crippen LogP contribution >= 0.6 is 22.9 Å². The van der Waals surface area contributed by atoms with E-state index in [2.05, 4.69) is 40.5 Å². The van der Waals surface area contributed by atoms with Gasteiger partial charge in [-0.2, -0.15) is 11.3 Å². The van der Waals surface area contributed by atoms with E-state index >= 15 is 0 Å². The monoisotopic (exact) mass is 290 g/mol. The second-order valence-electron chi connectivity index (χ2n) is 4.62. The van der Waals surface area contributed by atoms with Gasteiger partial charge in [0.05, 0.1) is 17.6 Å². The van der Waals surface area contributed by atoms with E-state index in [-0.39, 0.29) is 0 Å². The minimum absolute atomic E-state index is 0.603. The topological polar surface area (TPSA) is 17.8 Å². The molecule has 0 radical (unpaired) electrons. The highest BCUT2D eigenvalue weighted by Crippen LogP contribution is 2.21. The molecule has 1 aromatic carbocycles. The Morgan fingerprint density at radius 2 is 2.11 bits per heavy atom. The molecule has 0 amide bonds. The first-order valence-corrected chi connectivity index (χ1v) is 7.79. The molecule has 19 heavy (non-hydrogen) atoms. The molecule has 0 fully saturated rings. The largest absolute Gasteiger partial charge is 0.323 e. The van der Waals surface area contributed by atoms with Crippen LogP contribution in [0.1, 0.15) is 17.0 Å². The van der Waals surface area contributed by atoms with Gasteiger partial charge in [0.2, 0.25) is 0 Å². The SMILES string of the molecule is Cc1cscc1Cn1c(CCCl)nc2ccccc21. The lowest BCUT2D eigenvalue weighted by Gasteiger charge is -2.08. The first-order valence-electron chi connectivity index (χ1n) is 6.31. The highest BCUT2D eigenvalue weighted by Gasteiger charge is 2.11. The van der Waals surface area contributed by atoms with E-state index in [4.69, 9.17) is 16.6 Å². The van der Waals surface area contributed by atoms with Gasteiger partial charge in [-0.25, -0.2) is 4.98 Å². The van der Waals surface area contributed by atoms with Crippen molar-refractivity contribution in [1.29, 1.82) is 0 Å². The van der Waals surface area contributed by atoms with E-state index < -0.39 is 0 Å². The molecule has 2 nitrogen and oxygen atoms in total. The first-order chi connectivity index (χ1) is 9.29. The average Bonchev–Trinajstić information content (AvgIpc) is 2.96. The third-order valence-electron chi connectivity index (χ3n) is 3.34. The molecule has 4 heteroatoms. The molecule has 0 unspecified atom stereocenters. The summed E-state index contributed by atoms with van der Waals surface area (Å²) in [6, 6.07) is 8.28. The van der Waals surface area contributed by atoms with Crippen LogP contribution < -0.4 is 0 Å². The van der Waals surface area contributed by atoms with E-state index in [0.717, 1.165) is 24.3 Å². The summed E-state index contributed by atoms with van der Waals surface area (Å²) >= 11 is 7.65. The molecular weight excluding hydrogens is 276 g/mol. The number of alkyl halides is 1. The zero-order chi connectivity index (χ0) is 13.2. The number of para-hydroxylation sites is 2. The van der Waals surface area contributed by atoms with Crippen molar-refractivity contribution in [2.24, 2.45) is 0 Å². The standard InChI is InChI=1S/C15H15ClN2S/c1-11-9-19-10-12(11)8-18-14-5-3-2-4-13(14)17-15(18)6-7-16/h2-5,9-10H,6-8H2,1H3. The Hall–Kier alpha value is -1.32. The predicted molar refractivity (Wildman–Crippen MR) is 82.3 cm³/mol. The number of imidazole rings is 1. The van der Waals surface area contributed by atoms with Crippen molar-refractivity contribution in [2.45, 2.75) is 19.9 Å². The highest BCUT2D eigenvalue weighted by molar-refractivity contribution is 7.08. The molecule has 3 aromatic rings. The zero-order valence-electron chi connectivity index (χ0n) is 10.8. The summed E-state index contributed by atoms with van der Waals surface area (Å²) < 4.78 is 2.28. The normalized spacial score (nSPS) is 11.3. The summed E-state index contributed by atoms with van der Waals surface area (Å²) in [4.78, 5) is 4.69. The number of rotatable bonds is 4. The number of aromatic nitrogens is 2. The number of benzene rings is 1. The van der Waals surface area contributed by atoms with Crippen molar-refractivity contribution < 1.29 is 0 Å². The molecule has 98 valence electrons. The average molecular weight is 291 g/mol. The number of thiophene rings is 1. The van der Waals surface area contributed by atoms with Crippen molar-refractivity contribution in [3.63, 3.8) is 0 Å². The molecule has 3 rings (SSSR count). The number of nitrogens with zero attached hydrogens (tertiary/aromatic N) is 2. The van der Waals surface area contributed by atoms with Crippen LogP contribution in [0.25, 0.3) is 11.0 Å². The van der Waals surface area contributed by atoms with Gasteiger partial charge in [-0.1, -0.05) is 12.1 Å². The third kappa shape index (κ3) is 2.40. The van der Waals surface area contributed by atoms with Crippen LogP contribution in [0.15, 0.2) is 35.0 Å². The molecule has 0 bridgehead atoms. The lowest BCUT2D eigenvalue weighted by molar-refractivity contribution is 0.753. The van der Waals surface area contributed by atoms with Gasteiger partial charge in [0.15, 0.2) is 0 Å². The minimum Gasteiger partial charge on any atom is -0.323 e. The Morgan fingerprint density at radius 1 is 1.26 bits per heavy atom. The zero-order valence-corrected chi connectivity index (χ0v) is 12.3. The first kappa shape index (κ1) is 12.7. The molecule has 2 aromatic heterocycles. The van der Waals surface area contributed by atoms with Crippen molar-refractivity contribution in [1.82, 2.24) is 9.55 Å². The van der Waals surface area contributed by atoms with Crippen molar-refractivity contribution in [2.75, 3.05) is 5.88 Å². The Kier molecular flexibility index (Phi) is 3.58. The second kappa shape index (κ2) is 5.35. The van der Waals surface area contributed by atoms with Crippen LogP contribution in [-0.4, -0.2) is 15.4 Å². The van der Waals surface area contributed by atoms with Gasteiger partial charge < -0.3 is 4.57 Å². The lowest BCUT2D eigenvalue weighted by Crippen LogP contribution is -2.06. The fraction of sp³-hybridized carbons (Fsp3) is 0.267. The van der Waals surface area contributed by atoms with Crippen LogP contribution in [0.5, 0.6) is 0 Å². The van der Waals surface area contributed by atoms with E-state index in [9.17, 15) is 0 Å². The number of fused-ring (bicyclic) bond motifs is 1. The van der Waals surface area contributed by atoms with E-state index in [1.165, 1.54) is 16.6 Å². The number of aryl methyl sites for hydroxylation is 2. The smallest absolute Gasteiger partial charge is 0.111 e. The lowest BCUT2D eigenvalue weighted by atomic mass is 10.2. The Labute approximate surface area is 121 Å². The quantitative estimate of drug-likeness (QED) is 0.657. The molecule has 0 aliphatic rings. The van der Waals surface area contributed by atoms with E-state index in [1.54, 1.807) is 11.3 Å². The molecule has 0 N–H and O–H groups in total.